The van der Waals surface area contributed by atoms with Gasteiger partial charge in [0.15, 0.2) is 0 Å². The second-order valence-corrected chi connectivity index (χ2v) is 6.70. The molecule has 0 fully saturated rings. The van der Waals surface area contributed by atoms with Gasteiger partial charge in [-0.1, -0.05) is 24.3 Å². The Morgan fingerprint density at radius 2 is 1.82 bits per heavy atom. The van der Waals surface area contributed by atoms with Gasteiger partial charge in [0.05, 0.1) is 6.54 Å². The zero-order valence-electron chi connectivity index (χ0n) is 15.5. The summed E-state index contributed by atoms with van der Waals surface area (Å²) in [6.45, 7) is 6.77. The zero-order chi connectivity index (χ0) is 19.5. The molecule has 2 heterocycles. The summed E-state index contributed by atoms with van der Waals surface area (Å²) in [7, 11) is 0. The Kier molecular flexibility index (Phi) is 4.95. The van der Waals surface area contributed by atoms with E-state index in [0.29, 0.717) is 24.5 Å². The molecule has 3 aromatic rings. The smallest absolute Gasteiger partial charge is 0.267 e. The second-order valence-electron chi connectivity index (χ2n) is 6.70. The molecule has 1 aliphatic heterocycles. The van der Waals surface area contributed by atoms with Crippen LogP contribution in [0.5, 0.6) is 11.5 Å². The van der Waals surface area contributed by atoms with Crippen molar-refractivity contribution in [1.29, 1.82) is 0 Å². The molecule has 0 spiro atoms. The van der Waals surface area contributed by atoms with Crippen molar-refractivity contribution in [2.45, 2.75) is 13.1 Å². The first-order valence-corrected chi connectivity index (χ1v) is 9.21. The van der Waals surface area contributed by atoms with Gasteiger partial charge in [-0.15, -0.1) is 6.58 Å². The van der Waals surface area contributed by atoms with Crippen molar-refractivity contribution in [3.05, 3.63) is 78.8 Å². The number of ether oxygens (including phenoxy) is 1. The van der Waals surface area contributed by atoms with E-state index >= 15 is 0 Å². The number of hydrogen-bond donors (Lipinski definition) is 1. The van der Waals surface area contributed by atoms with E-state index in [9.17, 15) is 4.79 Å². The predicted molar refractivity (Wildman–Crippen MR) is 108 cm³/mol. The minimum Gasteiger partial charge on any atom is -0.457 e. The van der Waals surface area contributed by atoms with Crippen molar-refractivity contribution < 1.29 is 9.53 Å². The molecule has 0 aliphatic carbocycles. The molecule has 0 atom stereocenters. The van der Waals surface area contributed by atoms with Crippen LogP contribution in [0.25, 0.3) is 11.3 Å². The topological polar surface area (TPSA) is 73.4 Å². The number of primary amides is 1. The average Bonchev–Trinajstić information content (AvgIpc) is 3.08. The lowest BCUT2D eigenvalue weighted by atomic mass is 10.1. The Bertz CT molecular complexity index is 993. The maximum Gasteiger partial charge on any atom is 0.267 e. The highest BCUT2D eigenvalue weighted by atomic mass is 16.5. The Morgan fingerprint density at radius 3 is 2.50 bits per heavy atom. The second kappa shape index (κ2) is 7.70. The van der Waals surface area contributed by atoms with Crippen molar-refractivity contribution in [2.24, 2.45) is 5.73 Å². The molecular formula is C22H22N4O2. The van der Waals surface area contributed by atoms with Crippen molar-refractivity contribution in [1.82, 2.24) is 14.5 Å². The Labute approximate surface area is 163 Å². The van der Waals surface area contributed by atoms with Crippen LogP contribution in [0.4, 0.5) is 0 Å². The lowest BCUT2D eigenvalue weighted by Crippen LogP contribution is -2.35. The molecule has 2 aromatic carbocycles. The van der Waals surface area contributed by atoms with E-state index in [0.717, 1.165) is 36.0 Å². The molecule has 28 heavy (non-hydrogen) atoms. The van der Waals surface area contributed by atoms with Gasteiger partial charge in [-0.3, -0.25) is 9.69 Å². The monoisotopic (exact) mass is 374 g/mol. The molecule has 142 valence electrons. The van der Waals surface area contributed by atoms with E-state index in [2.05, 4.69) is 11.5 Å². The zero-order valence-corrected chi connectivity index (χ0v) is 15.5. The van der Waals surface area contributed by atoms with Gasteiger partial charge in [0.25, 0.3) is 5.91 Å². The first-order chi connectivity index (χ1) is 13.7. The lowest BCUT2D eigenvalue weighted by Gasteiger charge is -2.26. The van der Waals surface area contributed by atoms with Crippen molar-refractivity contribution in [2.75, 3.05) is 13.1 Å². The fraction of sp³-hybridized carbons (Fsp3) is 0.182. The van der Waals surface area contributed by atoms with Crippen LogP contribution in [0.3, 0.4) is 0 Å². The summed E-state index contributed by atoms with van der Waals surface area (Å²) in [5.74, 6) is 1.88. The van der Waals surface area contributed by atoms with Crippen molar-refractivity contribution in [3.8, 4) is 22.8 Å². The third-order valence-corrected chi connectivity index (χ3v) is 4.78. The standard InChI is InChI=1S/C22H22N4O2/c1-2-12-25-13-14-26-19(15-25)24-20(21(26)22(23)27)16-8-10-18(11-9-16)28-17-6-4-3-5-7-17/h2-11H,1,12-15H2,(H2,23,27). The Morgan fingerprint density at radius 1 is 1.11 bits per heavy atom. The van der Waals surface area contributed by atoms with Crippen LogP contribution in [0, 0.1) is 0 Å². The normalized spacial score (nSPS) is 13.7. The van der Waals surface area contributed by atoms with Crippen LogP contribution >= 0.6 is 0 Å². The van der Waals surface area contributed by atoms with E-state index in [1.165, 1.54) is 0 Å². The van der Waals surface area contributed by atoms with Gasteiger partial charge in [0.2, 0.25) is 0 Å². The summed E-state index contributed by atoms with van der Waals surface area (Å²) < 4.78 is 7.77. The molecule has 0 radical (unpaired) electrons. The van der Waals surface area contributed by atoms with Crippen LogP contribution < -0.4 is 10.5 Å². The molecule has 4 rings (SSSR count). The third kappa shape index (κ3) is 3.54. The molecule has 1 amide bonds. The summed E-state index contributed by atoms with van der Waals surface area (Å²) in [5, 5.41) is 0. The summed E-state index contributed by atoms with van der Waals surface area (Å²) in [6, 6.07) is 17.1. The molecule has 0 saturated carbocycles. The van der Waals surface area contributed by atoms with Gasteiger partial charge in [-0.2, -0.15) is 0 Å². The number of para-hydroxylation sites is 1. The lowest BCUT2D eigenvalue weighted by molar-refractivity contribution is 0.0988. The highest BCUT2D eigenvalue weighted by Gasteiger charge is 2.26. The van der Waals surface area contributed by atoms with Crippen molar-refractivity contribution in [3.63, 3.8) is 0 Å². The van der Waals surface area contributed by atoms with E-state index < -0.39 is 5.91 Å². The van der Waals surface area contributed by atoms with E-state index in [4.69, 9.17) is 15.5 Å². The summed E-state index contributed by atoms with van der Waals surface area (Å²) in [6.07, 6.45) is 1.87. The van der Waals surface area contributed by atoms with Gasteiger partial charge in [-0.05, 0) is 36.4 Å². The van der Waals surface area contributed by atoms with E-state index in [1.54, 1.807) is 0 Å². The molecule has 1 aliphatic rings. The number of carbonyl (C=O) groups is 1. The predicted octanol–water partition coefficient (Wildman–Crippen LogP) is 3.44. The minimum atomic E-state index is -0.462. The number of carbonyl (C=O) groups excluding carboxylic acids is 1. The SMILES string of the molecule is C=CCN1CCn2c(nc(-c3ccc(Oc4ccccc4)cc3)c2C(N)=O)C1. The van der Waals surface area contributed by atoms with Crippen molar-refractivity contribution >= 4 is 5.91 Å². The number of fused-ring (bicyclic) bond motifs is 1. The summed E-state index contributed by atoms with van der Waals surface area (Å²) in [5.41, 5.74) is 7.61. The first kappa shape index (κ1) is 18.0. The molecule has 0 unspecified atom stereocenters. The van der Waals surface area contributed by atoms with Crippen LogP contribution in [0.2, 0.25) is 0 Å². The Hall–Kier alpha value is -3.38. The minimum absolute atomic E-state index is 0.462. The molecule has 6 nitrogen and oxygen atoms in total. The number of aromatic nitrogens is 2. The summed E-state index contributed by atoms with van der Waals surface area (Å²) in [4.78, 5) is 19.1. The van der Waals surface area contributed by atoms with Gasteiger partial charge in [0, 0.05) is 25.2 Å². The maximum absolute atomic E-state index is 12.2. The van der Waals surface area contributed by atoms with Gasteiger partial charge in [-0.25, -0.2) is 4.98 Å². The molecular weight excluding hydrogens is 352 g/mol. The highest BCUT2D eigenvalue weighted by molar-refractivity contribution is 5.97. The van der Waals surface area contributed by atoms with Gasteiger partial charge < -0.3 is 15.0 Å². The van der Waals surface area contributed by atoms with E-state index in [-0.39, 0.29) is 0 Å². The number of imidazole rings is 1. The molecule has 0 saturated heterocycles. The average molecular weight is 374 g/mol. The quantitative estimate of drug-likeness (QED) is 0.671. The number of hydrogen-bond acceptors (Lipinski definition) is 4. The van der Waals surface area contributed by atoms with Crippen LogP contribution in [0.1, 0.15) is 16.3 Å². The number of nitrogens with two attached hydrogens (primary N) is 1. The van der Waals surface area contributed by atoms with Gasteiger partial charge >= 0.3 is 0 Å². The fourth-order valence-electron chi connectivity index (χ4n) is 3.48. The van der Waals surface area contributed by atoms with Gasteiger partial charge in [0.1, 0.15) is 28.7 Å². The maximum atomic E-state index is 12.2. The molecule has 0 bridgehead atoms. The molecule has 2 N–H and O–H groups in total. The number of rotatable bonds is 6. The number of amides is 1. The largest absolute Gasteiger partial charge is 0.457 e. The molecule has 6 heteroatoms. The highest BCUT2D eigenvalue weighted by Crippen LogP contribution is 2.29. The first-order valence-electron chi connectivity index (χ1n) is 9.21. The van der Waals surface area contributed by atoms with Crippen LogP contribution in [-0.4, -0.2) is 33.4 Å². The van der Waals surface area contributed by atoms with Crippen LogP contribution in [0.15, 0.2) is 67.3 Å². The number of benzene rings is 2. The third-order valence-electron chi connectivity index (χ3n) is 4.78. The fourth-order valence-corrected chi connectivity index (χ4v) is 3.48. The van der Waals surface area contributed by atoms with Crippen LogP contribution in [-0.2, 0) is 13.1 Å². The summed E-state index contributed by atoms with van der Waals surface area (Å²) >= 11 is 0. The Balaban J connectivity index is 1.63. The number of nitrogens with zero attached hydrogens (tertiary/aromatic N) is 3. The molecule has 1 aromatic heterocycles. The van der Waals surface area contributed by atoms with E-state index in [1.807, 2.05) is 65.2 Å².